The van der Waals surface area contributed by atoms with Crippen molar-refractivity contribution in [1.82, 2.24) is 9.21 Å². The van der Waals surface area contributed by atoms with E-state index in [2.05, 4.69) is 0 Å². The lowest BCUT2D eigenvalue weighted by molar-refractivity contribution is -0.143. The number of ether oxygens (including phenoxy) is 1. The summed E-state index contributed by atoms with van der Waals surface area (Å²) in [5.74, 6) is -0.834. The number of hydrogen-bond acceptors (Lipinski definition) is 6. The second-order valence-corrected chi connectivity index (χ2v) is 9.76. The lowest BCUT2D eigenvalue weighted by atomic mass is 9.96. The third-order valence-electron chi connectivity index (χ3n) is 5.77. The van der Waals surface area contributed by atoms with Gasteiger partial charge in [0.2, 0.25) is 15.9 Å². The Kier molecular flexibility index (Phi) is 8.20. The minimum atomic E-state index is -3.82. The van der Waals surface area contributed by atoms with E-state index >= 15 is 0 Å². The molecule has 2 aromatic carbocycles. The number of piperidine rings is 1. The second kappa shape index (κ2) is 11.1. The van der Waals surface area contributed by atoms with Crippen LogP contribution in [-0.4, -0.2) is 56.2 Å². The van der Waals surface area contributed by atoms with Gasteiger partial charge >= 0.3 is 5.97 Å². The standard InChI is InChI=1S/C24H27N3O5S/c1-32-23(28)13-14-26(18-19-7-3-2-4-8-19)24(29)20-11-15-27(16-12-20)33(30,31)22-10-6-5-9-21(22)17-25/h2-10,20H,11-16,18H2,1H3. The van der Waals surface area contributed by atoms with Crippen molar-refractivity contribution in [1.29, 1.82) is 5.26 Å². The molecule has 0 atom stereocenters. The number of rotatable bonds is 8. The highest BCUT2D eigenvalue weighted by molar-refractivity contribution is 7.89. The summed E-state index contributed by atoms with van der Waals surface area (Å²) in [4.78, 5) is 26.6. The average molecular weight is 470 g/mol. The predicted molar refractivity (Wildman–Crippen MR) is 121 cm³/mol. The van der Waals surface area contributed by atoms with Crippen molar-refractivity contribution in [2.75, 3.05) is 26.7 Å². The first-order valence-corrected chi connectivity index (χ1v) is 12.2. The van der Waals surface area contributed by atoms with E-state index in [0.717, 1.165) is 5.56 Å². The Morgan fingerprint density at radius 2 is 1.73 bits per heavy atom. The van der Waals surface area contributed by atoms with Crippen LogP contribution in [0.4, 0.5) is 0 Å². The summed E-state index contributed by atoms with van der Waals surface area (Å²) >= 11 is 0. The molecule has 0 radical (unpaired) electrons. The molecule has 33 heavy (non-hydrogen) atoms. The van der Waals surface area contributed by atoms with Crippen molar-refractivity contribution < 1.29 is 22.7 Å². The molecular weight excluding hydrogens is 442 g/mol. The Labute approximate surface area is 194 Å². The van der Waals surface area contributed by atoms with Gasteiger partial charge in [-0.05, 0) is 30.5 Å². The monoisotopic (exact) mass is 469 g/mol. The quantitative estimate of drug-likeness (QED) is 0.550. The molecular formula is C24H27N3O5S. The largest absolute Gasteiger partial charge is 0.469 e. The van der Waals surface area contributed by atoms with Gasteiger partial charge < -0.3 is 9.64 Å². The molecule has 174 valence electrons. The van der Waals surface area contributed by atoms with Crippen LogP contribution < -0.4 is 0 Å². The van der Waals surface area contributed by atoms with Crippen LogP contribution in [0.5, 0.6) is 0 Å². The van der Waals surface area contributed by atoms with Gasteiger partial charge in [0.15, 0.2) is 0 Å². The highest BCUT2D eigenvalue weighted by Crippen LogP contribution is 2.27. The smallest absolute Gasteiger partial charge is 0.307 e. The van der Waals surface area contributed by atoms with Gasteiger partial charge in [0.25, 0.3) is 0 Å². The summed E-state index contributed by atoms with van der Waals surface area (Å²) in [6.45, 7) is 0.975. The number of amides is 1. The third-order valence-corrected chi connectivity index (χ3v) is 7.73. The Morgan fingerprint density at radius 1 is 1.09 bits per heavy atom. The molecule has 2 aromatic rings. The van der Waals surface area contributed by atoms with E-state index in [1.807, 2.05) is 36.4 Å². The SMILES string of the molecule is COC(=O)CCN(Cc1ccccc1)C(=O)C1CCN(S(=O)(=O)c2ccccc2C#N)CC1. The zero-order chi connectivity index (χ0) is 23.8. The van der Waals surface area contributed by atoms with Crippen LogP contribution in [-0.2, 0) is 30.9 Å². The number of esters is 1. The van der Waals surface area contributed by atoms with Crippen LogP contribution in [0.1, 0.15) is 30.4 Å². The van der Waals surface area contributed by atoms with E-state index in [-0.39, 0.29) is 48.3 Å². The van der Waals surface area contributed by atoms with Gasteiger partial charge in [0.05, 0.1) is 24.0 Å². The fraction of sp³-hybridized carbons (Fsp3) is 0.375. The summed E-state index contributed by atoms with van der Waals surface area (Å²) in [7, 11) is -2.51. The number of nitriles is 1. The van der Waals surface area contributed by atoms with Crippen molar-refractivity contribution in [3.8, 4) is 6.07 Å². The fourth-order valence-electron chi connectivity index (χ4n) is 3.92. The van der Waals surface area contributed by atoms with Crippen LogP contribution in [0.15, 0.2) is 59.5 Å². The molecule has 9 heteroatoms. The van der Waals surface area contributed by atoms with Gasteiger partial charge in [0, 0.05) is 32.1 Å². The molecule has 1 heterocycles. The molecule has 0 N–H and O–H groups in total. The van der Waals surface area contributed by atoms with Crippen LogP contribution >= 0.6 is 0 Å². The van der Waals surface area contributed by atoms with Gasteiger partial charge in [-0.3, -0.25) is 9.59 Å². The van der Waals surface area contributed by atoms with E-state index in [1.165, 1.54) is 23.5 Å². The summed E-state index contributed by atoms with van der Waals surface area (Å²) in [5, 5.41) is 9.27. The van der Waals surface area contributed by atoms with Crippen molar-refractivity contribution in [3.63, 3.8) is 0 Å². The van der Waals surface area contributed by atoms with Crippen molar-refractivity contribution in [2.24, 2.45) is 5.92 Å². The molecule has 3 rings (SSSR count). The molecule has 8 nitrogen and oxygen atoms in total. The number of nitrogens with zero attached hydrogens (tertiary/aromatic N) is 3. The van der Waals surface area contributed by atoms with Crippen LogP contribution in [0.3, 0.4) is 0 Å². The number of carbonyl (C=O) groups excluding carboxylic acids is 2. The molecule has 0 saturated carbocycles. The number of hydrogen-bond donors (Lipinski definition) is 0. The fourth-order valence-corrected chi connectivity index (χ4v) is 5.54. The van der Waals surface area contributed by atoms with Gasteiger partial charge in [-0.2, -0.15) is 9.57 Å². The molecule has 1 aliphatic heterocycles. The van der Waals surface area contributed by atoms with Crippen molar-refractivity contribution in [2.45, 2.75) is 30.7 Å². The molecule has 1 fully saturated rings. The Hall–Kier alpha value is -3.22. The number of benzene rings is 2. The first-order valence-electron chi connectivity index (χ1n) is 10.8. The highest BCUT2D eigenvalue weighted by Gasteiger charge is 2.34. The Bertz CT molecular complexity index is 1120. The summed E-state index contributed by atoms with van der Waals surface area (Å²) < 4.78 is 32.2. The van der Waals surface area contributed by atoms with Crippen LogP contribution in [0.25, 0.3) is 0 Å². The van der Waals surface area contributed by atoms with Crippen LogP contribution in [0, 0.1) is 17.2 Å². The third kappa shape index (κ3) is 5.97. The summed E-state index contributed by atoms with van der Waals surface area (Å²) in [6, 6.07) is 17.6. The van der Waals surface area contributed by atoms with Crippen molar-refractivity contribution >= 4 is 21.9 Å². The Morgan fingerprint density at radius 3 is 2.36 bits per heavy atom. The lowest BCUT2D eigenvalue weighted by Crippen LogP contribution is -2.44. The van der Waals surface area contributed by atoms with Gasteiger partial charge in [-0.25, -0.2) is 8.42 Å². The zero-order valence-electron chi connectivity index (χ0n) is 18.5. The first-order chi connectivity index (χ1) is 15.9. The topological polar surface area (TPSA) is 108 Å². The number of sulfonamides is 1. The summed E-state index contributed by atoms with van der Waals surface area (Å²) in [5.41, 5.74) is 1.05. The molecule has 1 saturated heterocycles. The molecule has 0 spiro atoms. The van der Waals surface area contributed by atoms with Gasteiger partial charge in [-0.15, -0.1) is 0 Å². The first kappa shape index (κ1) is 24.4. The van der Waals surface area contributed by atoms with E-state index in [9.17, 15) is 23.3 Å². The van der Waals surface area contributed by atoms with E-state index in [4.69, 9.17) is 4.74 Å². The van der Waals surface area contributed by atoms with Crippen molar-refractivity contribution in [3.05, 3.63) is 65.7 Å². The molecule has 0 unspecified atom stereocenters. The molecule has 0 bridgehead atoms. The van der Waals surface area contributed by atoms with Crippen LogP contribution in [0.2, 0.25) is 0 Å². The maximum atomic E-state index is 13.3. The second-order valence-electron chi connectivity index (χ2n) is 7.86. The molecule has 1 aliphatic rings. The van der Waals surface area contributed by atoms with Gasteiger partial charge in [0.1, 0.15) is 6.07 Å². The normalized spacial score (nSPS) is 14.9. The minimum absolute atomic E-state index is 0.0129. The van der Waals surface area contributed by atoms with E-state index < -0.39 is 16.0 Å². The molecule has 0 aromatic heterocycles. The van der Waals surface area contributed by atoms with Gasteiger partial charge in [-0.1, -0.05) is 42.5 Å². The number of carbonyl (C=O) groups is 2. The highest BCUT2D eigenvalue weighted by atomic mass is 32.2. The molecule has 0 aliphatic carbocycles. The summed E-state index contributed by atoms with van der Waals surface area (Å²) in [6.07, 6.45) is 0.833. The zero-order valence-corrected chi connectivity index (χ0v) is 19.3. The van der Waals surface area contributed by atoms with E-state index in [1.54, 1.807) is 17.0 Å². The predicted octanol–water partition coefficient (Wildman–Crippen LogP) is 2.55. The van der Waals surface area contributed by atoms with E-state index in [0.29, 0.717) is 19.4 Å². The Balaban J connectivity index is 1.69. The maximum absolute atomic E-state index is 13.3. The molecule has 1 amide bonds. The minimum Gasteiger partial charge on any atom is -0.469 e. The lowest BCUT2D eigenvalue weighted by Gasteiger charge is -2.34. The average Bonchev–Trinajstić information content (AvgIpc) is 2.86. The maximum Gasteiger partial charge on any atom is 0.307 e. The number of methoxy groups -OCH3 is 1.